The summed E-state index contributed by atoms with van der Waals surface area (Å²) in [5.74, 6) is 1.20. The Labute approximate surface area is 138 Å². The Morgan fingerprint density at radius 3 is 2.78 bits per heavy atom. The van der Waals surface area contributed by atoms with E-state index >= 15 is 0 Å². The fourth-order valence-electron chi connectivity index (χ4n) is 2.47. The van der Waals surface area contributed by atoms with Crippen molar-refractivity contribution in [2.45, 2.75) is 6.92 Å². The second-order valence-corrected chi connectivity index (χ2v) is 5.00. The summed E-state index contributed by atoms with van der Waals surface area (Å²) in [6, 6.07) is 7.63. The van der Waals surface area contributed by atoms with E-state index in [1.54, 1.807) is 16.8 Å². The Morgan fingerprint density at radius 1 is 1.13 bits per heavy atom. The number of aromatic nitrogens is 6. The van der Waals surface area contributed by atoms with Crippen molar-refractivity contribution in [2.24, 2.45) is 0 Å². The molecular weight excluding hydrogens is 314 g/mol. The van der Waals surface area contributed by atoms with E-state index in [0.717, 1.165) is 33.9 Å². The van der Waals surface area contributed by atoms with Crippen LogP contribution in [-0.2, 0) is 0 Å². The zero-order chi connectivity index (χ0) is 15.1. The number of aryl methyl sites for hydroxylation is 1. The molecule has 4 aromatic heterocycles. The van der Waals surface area contributed by atoms with E-state index in [1.165, 1.54) is 0 Å². The van der Waals surface area contributed by atoms with Crippen molar-refractivity contribution in [1.82, 2.24) is 29.8 Å². The van der Waals surface area contributed by atoms with Crippen LogP contribution in [0.3, 0.4) is 0 Å². The summed E-state index contributed by atoms with van der Waals surface area (Å²) < 4.78 is 1.74. The van der Waals surface area contributed by atoms with E-state index in [4.69, 9.17) is 5.73 Å². The van der Waals surface area contributed by atoms with E-state index in [0.29, 0.717) is 5.82 Å². The first-order valence-electron chi connectivity index (χ1n) is 6.80. The summed E-state index contributed by atoms with van der Waals surface area (Å²) >= 11 is 0. The molecule has 0 bridgehead atoms. The molecule has 0 aliphatic rings. The highest BCUT2D eigenvalue weighted by atomic mass is 35.5. The van der Waals surface area contributed by atoms with Crippen LogP contribution in [0.1, 0.15) is 5.82 Å². The molecule has 0 radical (unpaired) electrons. The molecule has 0 aliphatic heterocycles. The number of rotatable bonds is 2. The summed E-state index contributed by atoms with van der Waals surface area (Å²) in [6.07, 6.45) is 5.46. The van der Waals surface area contributed by atoms with Gasteiger partial charge in [-0.3, -0.25) is 5.10 Å². The molecule has 0 atom stereocenters. The molecule has 0 fully saturated rings. The molecule has 116 valence electrons. The van der Waals surface area contributed by atoms with E-state index in [-0.39, 0.29) is 12.4 Å². The summed E-state index contributed by atoms with van der Waals surface area (Å²) in [4.78, 5) is 8.88. The van der Waals surface area contributed by atoms with Gasteiger partial charge in [-0.2, -0.15) is 10.2 Å². The Morgan fingerprint density at radius 2 is 2.00 bits per heavy atom. The zero-order valence-electron chi connectivity index (χ0n) is 12.3. The molecule has 0 saturated carbocycles. The van der Waals surface area contributed by atoms with Crippen molar-refractivity contribution >= 4 is 23.9 Å². The number of hydrogen-bond donors (Lipinski definition) is 2. The highest BCUT2D eigenvalue weighted by molar-refractivity contribution is 5.85. The maximum Gasteiger partial charge on any atom is 0.156 e. The number of nitrogen functional groups attached to an aromatic ring is 1. The van der Waals surface area contributed by atoms with Gasteiger partial charge in [0.05, 0.1) is 11.9 Å². The van der Waals surface area contributed by atoms with Crippen LogP contribution in [0.25, 0.3) is 28.0 Å². The van der Waals surface area contributed by atoms with Gasteiger partial charge in [-0.1, -0.05) is 0 Å². The first kappa shape index (κ1) is 15.0. The number of pyridine rings is 2. The number of halogens is 1. The molecule has 7 nitrogen and oxygen atoms in total. The second kappa shape index (κ2) is 5.69. The zero-order valence-corrected chi connectivity index (χ0v) is 13.1. The van der Waals surface area contributed by atoms with Crippen molar-refractivity contribution in [3.05, 3.63) is 48.7 Å². The van der Waals surface area contributed by atoms with Gasteiger partial charge in [0, 0.05) is 29.1 Å². The molecule has 0 aromatic carbocycles. The number of H-pyrrole nitrogens is 1. The van der Waals surface area contributed by atoms with Crippen LogP contribution in [0.2, 0.25) is 0 Å². The van der Waals surface area contributed by atoms with E-state index in [1.807, 2.05) is 37.5 Å². The Balaban J connectivity index is 0.00000156. The van der Waals surface area contributed by atoms with Gasteiger partial charge in [-0.15, -0.1) is 12.4 Å². The molecule has 0 unspecified atom stereocenters. The van der Waals surface area contributed by atoms with Gasteiger partial charge in [0.25, 0.3) is 0 Å². The fraction of sp³-hybridized carbons (Fsp3) is 0.0667. The van der Waals surface area contributed by atoms with Crippen LogP contribution in [0, 0.1) is 6.92 Å². The largest absolute Gasteiger partial charge is 0.384 e. The van der Waals surface area contributed by atoms with E-state index < -0.39 is 0 Å². The van der Waals surface area contributed by atoms with Crippen LogP contribution in [0.15, 0.2) is 42.9 Å². The standard InChI is InChI=1S/C15H13N7.ClH/c1-9-19-14-6-10(4-5-22(14)21-9)15-12(2-3-13(16)20-15)11-7-17-18-8-11;/h2-8H,1H3,(H2,16,20)(H,17,18);1H. The van der Waals surface area contributed by atoms with Crippen LogP contribution >= 0.6 is 12.4 Å². The lowest BCUT2D eigenvalue weighted by Crippen LogP contribution is -1.96. The fourth-order valence-corrected chi connectivity index (χ4v) is 2.47. The smallest absolute Gasteiger partial charge is 0.156 e. The SMILES string of the molecule is Cc1nc2cc(-c3nc(N)ccc3-c3cn[nH]c3)ccn2n1.Cl. The average molecular weight is 328 g/mol. The van der Waals surface area contributed by atoms with Gasteiger partial charge in [-0.05, 0) is 31.2 Å². The minimum absolute atomic E-state index is 0. The molecular formula is C15H14ClN7. The number of nitrogens with two attached hydrogens (primary N) is 1. The Bertz CT molecular complexity index is 959. The van der Waals surface area contributed by atoms with Crippen molar-refractivity contribution in [2.75, 3.05) is 5.73 Å². The molecule has 4 aromatic rings. The maximum absolute atomic E-state index is 5.87. The van der Waals surface area contributed by atoms with Crippen molar-refractivity contribution in [3.8, 4) is 22.4 Å². The third-order valence-corrected chi connectivity index (χ3v) is 3.44. The first-order valence-corrected chi connectivity index (χ1v) is 6.80. The predicted molar refractivity (Wildman–Crippen MR) is 90.2 cm³/mol. The van der Waals surface area contributed by atoms with E-state index in [9.17, 15) is 0 Å². The molecule has 0 saturated heterocycles. The van der Waals surface area contributed by atoms with Gasteiger partial charge in [0.1, 0.15) is 11.6 Å². The number of hydrogen-bond acceptors (Lipinski definition) is 5. The van der Waals surface area contributed by atoms with Crippen molar-refractivity contribution < 1.29 is 0 Å². The molecule has 23 heavy (non-hydrogen) atoms. The Hall–Kier alpha value is -2.93. The van der Waals surface area contributed by atoms with E-state index in [2.05, 4.69) is 25.3 Å². The highest BCUT2D eigenvalue weighted by Gasteiger charge is 2.12. The summed E-state index contributed by atoms with van der Waals surface area (Å²) in [7, 11) is 0. The summed E-state index contributed by atoms with van der Waals surface area (Å²) in [5, 5.41) is 11.1. The summed E-state index contributed by atoms with van der Waals surface area (Å²) in [6.45, 7) is 1.86. The van der Waals surface area contributed by atoms with Crippen LogP contribution < -0.4 is 5.73 Å². The number of aromatic amines is 1. The van der Waals surface area contributed by atoms with Gasteiger partial charge in [0.15, 0.2) is 5.65 Å². The molecule has 0 aliphatic carbocycles. The van der Waals surface area contributed by atoms with Crippen molar-refractivity contribution in [1.29, 1.82) is 0 Å². The number of fused-ring (bicyclic) bond motifs is 1. The lowest BCUT2D eigenvalue weighted by atomic mass is 10.0. The number of anilines is 1. The molecule has 4 rings (SSSR count). The van der Waals surface area contributed by atoms with Gasteiger partial charge < -0.3 is 5.73 Å². The number of nitrogens with one attached hydrogen (secondary N) is 1. The average Bonchev–Trinajstić information content (AvgIpc) is 3.14. The molecule has 3 N–H and O–H groups in total. The lowest BCUT2D eigenvalue weighted by Gasteiger charge is -2.08. The summed E-state index contributed by atoms with van der Waals surface area (Å²) in [5.41, 5.74) is 10.3. The monoisotopic (exact) mass is 327 g/mol. The third kappa shape index (κ3) is 2.62. The van der Waals surface area contributed by atoms with Gasteiger partial charge >= 0.3 is 0 Å². The molecule has 8 heteroatoms. The highest BCUT2D eigenvalue weighted by Crippen LogP contribution is 2.31. The van der Waals surface area contributed by atoms with Gasteiger partial charge in [-0.25, -0.2) is 14.5 Å². The topological polar surface area (TPSA) is 97.8 Å². The minimum atomic E-state index is 0. The number of nitrogens with zero attached hydrogens (tertiary/aromatic N) is 5. The quantitative estimate of drug-likeness (QED) is 0.589. The van der Waals surface area contributed by atoms with Crippen LogP contribution in [0.4, 0.5) is 5.82 Å². The van der Waals surface area contributed by atoms with Gasteiger partial charge in [0.2, 0.25) is 0 Å². The minimum Gasteiger partial charge on any atom is -0.384 e. The van der Waals surface area contributed by atoms with Crippen LogP contribution in [0.5, 0.6) is 0 Å². The van der Waals surface area contributed by atoms with Crippen molar-refractivity contribution in [3.63, 3.8) is 0 Å². The molecule has 0 amide bonds. The van der Waals surface area contributed by atoms with Crippen LogP contribution in [-0.4, -0.2) is 29.8 Å². The third-order valence-electron chi connectivity index (χ3n) is 3.44. The molecule has 0 spiro atoms. The normalized spacial score (nSPS) is 10.7. The first-order chi connectivity index (χ1) is 10.7. The Kier molecular flexibility index (Phi) is 3.71. The molecule has 4 heterocycles. The lowest BCUT2D eigenvalue weighted by molar-refractivity contribution is 0.931. The maximum atomic E-state index is 5.87. The predicted octanol–water partition coefficient (Wildman–Crippen LogP) is 2.49. The second-order valence-electron chi connectivity index (χ2n) is 5.00.